The summed E-state index contributed by atoms with van der Waals surface area (Å²) in [5.74, 6) is -0.172. The summed E-state index contributed by atoms with van der Waals surface area (Å²) in [6, 6.07) is 6.24. The van der Waals surface area contributed by atoms with E-state index in [1.165, 1.54) is 18.4 Å². The first-order valence-corrected chi connectivity index (χ1v) is 6.15. The third-order valence-electron chi connectivity index (χ3n) is 2.50. The Balaban J connectivity index is 1.88. The molecule has 0 aliphatic carbocycles. The zero-order valence-corrected chi connectivity index (χ0v) is 11.0. The monoisotopic (exact) mass is 298 g/mol. The minimum absolute atomic E-state index is 0.0493. The Hall–Kier alpha value is -2.05. The number of carbonyl (C=O) groups is 1. The molecule has 1 aromatic heterocycles. The maximum absolute atomic E-state index is 13.0. The van der Waals surface area contributed by atoms with Crippen LogP contribution in [0.15, 0.2) is 41.0 Å². The van der Waals surface area contributed by atoms with E-state index in [4.69, 9.17) is 16.0 Å². The van der Waals surface area contributed by atoms with Crippen LogP contribution in [0.4, 0.5) is 14.9 Å². The summed E-state index contributed by atoms with van der Waals surface area (Å²) in [7, 11) is 0. The lowest BCUT2D eigenvalue weighted by atomic mass is 10.3. The number of amides is 2. The number of urea groups is 1. The maximum Gasteiger partial charge on any atom is 0.319 e. The molecule has 0 saturated carbocycles. The van der Waals surface area contributed by atoms with Crippen molar-refractivity contribution in [3.8, 4) is 0 Å². The van der Waals surface area contributed by atoms with E-state index in [-0.39, 0.29) is 17.3 Å². The van der Waals surface area contributed by atoms with E-state index in [2.05, 4.69) is 10.6 Å². The highest BCUT2D eigenvalue weighted by Crippen LogP contribution is 2.22. The van der Waals surface area contributed by atoms with Crippen molar-refractivity contribution < 1.29 is 18.7 Å². The van der Waals surface area contributed by atoms with E-state index < -0.39 is 18.0 Å². The van der Waals surface area contributed by atoms with Gasteiger partial charge in [0.1, 0.15) is 17.7 Å². The largest absolute Gasteiger partial charge is 0.467 e. The van der Waals surface area contributed by atoms with Crippen LogP contribution in [-0.2, 0) is 0 Å². The fraction of sp³-hybridized carbons (Fsp3) is 0.154. The average Bonchev–Trinajstić information content (AvgIpc) is 2.94. The second-order valence-corrected chi connectivity index (χ2v) is 4.40. The van der Waals surface area contributed by atoms with Gasteiger partial charge in [-0.15, -0.1) is 0 Å². The van der Waals surface area contributed by atoms with Crippen LogP contribution in [0.1, 0.15) is 11.9 Å². The number of furan rings is 1. The Kier molecular flexibility index (Phi) is 4.60. The van der Waals surface area contributed by atoms with Crippen LogP contribution in [0.5, 0.6) is 0 Å². The van der Waals surface area contributed by atoms with Crippen molar-refractivity contribution in [3.63, 3.8) is 0 Å². The lowest BCUT2D eigenvalue weighted by molar-refractivity contribution is 0.149. The van der Waals surface area contributed by atoms with E-state index in [0.29, 0.717) is 5.76 Å². The second-order valence-electron chi connectivity index (χ2n) is 3.99. The van der Waals surface area contributed by atoms with Gasteiger partial charge >= 0.3 is 6.03 Å². The van der Waals surface area contributed by atoms with Crippen LogP contribution in [0.3, 0.4) is 0 Å². The summed E-state index contributed by atoms with van der Waals surface area (Å²) < 4.78 is 18.0. The van der Waals surface area contributed by atoms with Gasteiger partial charge in [-0.25, -0.2) is 9.18 Å². The summed E-state index contributed by atoms with van der Waals surface area (Å²) in [5, 5.41) is 14.7. The molecule has 2 aromatic rings. The first kappa shape index (κ1) is 14.4. The number of aliphatic hydroxyl groups excluding tert-OH is 1. The van der Waals surface area contributed by atoms with Gasteiger partial charge < -0.3 is 20.2 Å². The molecule has 0 saturated heterocycles. The Bertz CT molecular complexity index is 589. The van der Waals surface area contributed by atoms with Gasteiger partial charge in [0.25, 0.3) is 0 Å². The molecule has 5 nitrogen and oxygen atoms in total. The Morgan fingerprint density at radius 3 is 2.95 bits per heavy atom. The highest BCUT2D eigenvalue weighted by Gasteiger charge is 2.12. The first-order chi connectivity index (χ1) is 9.56. The predicted octanol–water partition coefficient (Wildman–Crippen LogP) is 2.93. The number of hydrogen-bond donors (Lipinski definition) is 3. The van der Waals surface area contributed by atoms with E-state index in [9.17, 15) is 14.3 Å². The number of anilines is 1. The SMILES string of the molecule is O=C(NCC(O)c1ccco1)Nc1cc(F)ccc1Cl. The zero-order valence-electron chi connectivity index (χ0n) is 10.3. The summed E-state index contributed by atoms with van der Waals surface area (Å²) in [6.45, 7) is -0.0493. The van der Waals surface area contributed by atoms with Crippen LogP contribution < -0.4 is 10.6 Å². The van der Waals surface area contributed by atoms with Crippen molar-refractivity contribution in [2.45, 2.75) is 6.10 Å². The molecule has 0 radical (unpaired) electrons. The van der Waals surface area contributed by atoms with E-state index >= 15 is 0 Å². The van der Waals surface area contributed by atoms with Gasteiger partial charge in [0.2, 0.25) is 0 Å². The van der Waals surface area contributed by atoms with Crippen LogP contribution in [0.2, 0.25) is 5.02 Å². The van der Waals surface area contributed by atoms with Gasteiger partial charge in [-0.1, -0.05) is 11.6 Å². The van der Waals surface area contributed by atoms with Gasteiger partial charge in [-0.05, 0) is 30.3 Å². The summed E-state index contributed by atoms with van der Waals surface area (Å²) >= 11 is 5.81. The molecule has 20 heavy (non-hydrogen) atoms. The molecular formula is C13H12ClFN2O3. The number of halogens is 2. The summed E-state index contributed by atoms with van der Waals surface area (Å²) in [4.78, 5) is 11.6. The van der Waals surface area contributed by atoms with E-state index in [0.717, 1.165) is 6.07 Å². The Morgan fingerprint density at radius 2 is 2.25 bits per heavy atom. The molecule has 0 aliphatic heterocycles. The van der Waals surface area contributed by atoms with Gasteiger partial charge in [0.15, 0.2) is 0 Å². The minimum Gasteiger partial charge on any atom is -0.467 e. The molecule has 1 unspecified atom stereocenters. The molecule has 7 heteroatoms. The molecule has 0 aliphatic rings. The number of nitrogens with one attached hydrogen (secondary N) is 2. The molecular weight excluding hydrogens is 287 g/mol. The minimum atomic E-state index is -0.960. The molecule has 1 heterocycles. The van der Waals surface area contributed by atoms with E-state index in [1.54, 1.807) is 12.1 Å². The number of carbonyl (C=O) groups excluding carboxylic acids is 1. The third kappa shape index (κ3) is 3.72. The maximum atomic E-state index is 13.0. The van der Waals surface area contributed by atoms with E-state index in [1.807, 2.05) is 0 Å². The normalized spacial score (nSPS) is 11.9. The molecule has 1 aromatic carbocycles. The van der Waals surface area contributed by atoms with Gasteiger partial charge in [-0.2, -0.15) is 0 Å². The highest BCUT2D eigenvalue weighted by atomic mass is 35.5. The van der Waals surface area contributed by atoms with Gasteiger partial charge in [-0.3, -0.25) is 0 Å². The highest BCUT2D eigenvalue weighted by molar-refractivity contribution is 6.33. The second kappa shape index (κ2) is 6.40. The number of aliphatic hydroxyl groups is 1. The zero-order chi connectivity index (χ0) is 14.5. The lowest BCUT2D eigenvalue weighted by Crippen LogP contribution is -2.32. The fourth-order valence-corrected chi connectivity index (χ4v) is 1.70. The smallest absolute Gasteiger partial charge is 0.319 e. The summed E-state index contributed by atoms with van der Waals surface area (Å²) in [6.07, 6.45) is 0.462. The average molecular weight is 299 g/mol. The topological polar surface area (TPSA) is 74.5 Å². The van der Waals surface area contributed by atoms with Crippen molar-refractivity contribution in [3.05, 3.63) is 53.2 Å². The third-order valence-corrected chi connectivity index (χ3v) is 2.83. The molecule has 0 fully saturated rings. The Labute approximate surface area is 119 Å². The molecule has 1 atom stereocenters. The van der Waals surface area contributed by atoms with Crippen molar-refractivity contribution in [1.82, 2.24) is 5.32 Å². The Morgan fingerprint density at radius 1 is 1.45 bits per heavy atom. The predicted molar refractivity (Wildman–Crippen MR) is 72.1 cm³/mol. The summed E-state index contributed by atoms with van der Waals surface area (Å²) in [5.41, 5.74) is 0.150. The number of hydrogen-bond acceptors (Lipinski definition) is 3. The number of benzene rings is 1. The van der Waals surface area contributed by atoms with Crippen molar-refractivity contribution >= 4 is 23.3 Å². The van der Waals surface area contributed by atoms with Crippen LogP contribution >= 0.6 is 11.6 Å². The van der Waals surface area contributed by atoms with Crippen molar-refractivity contribution in [1.29, 1.82) is 0 Å². The molecule has 3 N–H and O–H groups in total. The molecule has 2 amide bonds. The van der Waals surface area contributed by atoms with Crippen molar-refractivity contribution in [2.75, 3.05) is 11.9 Å². The van der Waals surface area contributed by atoms with Gasteiger partial charge in [0, 0.05) is 0 Å². The van der Waals surface area contributed by atoms with Crippen LogP contribution in [0, 0.1) is 5.82 Å². The van der Waals surface area contributed by atoms with Crippen molar-refractivity contribution in [2.24, 2.45) is 0 Å². The molecule has 0 bridgehead atoms. The number of rotatable bonds is 4. The standard InChI is InChI=1S/C13H12ClFN2O3/c14-9-4-3-8(15)6-10(9)17-13(19)16-7-11(18)12-2-1-5-20-12/h1-6,11,18H,7H2,(H2,16,17,19). The fourth-order valence-electron chi connectivity index (χ4n) is 1.53. The van der Waals surface area contributed by atoms with Gasteiger partial charge in [0.05, 0.1) is 23.5 Å². The van der Waals surface area contributed by atoms with Crippen LogP contribution in [-0.4, -0.2) is 17.7 Å². The van der Waals surface area contributed by atoms with Crippen LogP contribution in [0.25, 0.3) is 0 Å². The molecule has 0 spiro atoms. The first-order valence-electron chi connectivity index (χ1n) is 5.77. The molecule has 2 rings (SSSR count). The quantitative estimate of drug-likeness (QED) is 0.812. The molecule has 106 valence electrons. The lowest BCUT2D eigenvalue weighted by Gasteiger charge is -2.11.